The Morgan fingerprint density at radius 2 is 0.964 bits per heavy atom. The van der Waals surface area contributed by atoms with E-state index in [4.69, 9.17) is 19.9 Å². The van der Waals surface area contributed by atoms with Gasteiger partial charge in [0.05, 0.1) is 16.7 Å². The fourth-order valence-corrected chi connectivity index (χ4v) is 9.04. The van der Waals surface area contributed by atoms with Gasteiger partial charge < -0.3 is 4.57 Å². The smallest absolute Gasteiger partial charge is 0.182 e. The lowest BCUT2D eigenvalue weighted by atomic mass is 9.95. The molecule has 5 nitrogen and oxygen atoms in total. The number of pyridine rings is 1. The molecule has 0 saturated carbocycles. The maximum Gasteiger partial charge on any atom is 0.182 e. The first-order chi connectivity index (χ1) is 27.7. The highest BCUT2D eigenvalue weighted by atomic mass is 32.1. The molecule has 0 bridgehead atoms. The minimum Gasteiger partial charge on any atom is -0.309 e. The van der Waals surface area contributed by atoms with Crippen molar-refractivity contribution in [1.82, 2.24) is 24.5 Å². The Morgan fingerprint density at radius 3 is 1.71 bits per heavy atom. The third-order valence-corrected chi connectivity index (χ3v) is 11.6. The minimum absolute atomic E-state index is 0.531. The summed E-state index contributed by atoms with van der Waals surface area (Å²) < 4.78 is 4.84. The van der Waals surface area contributed by atoms with E-state index in [0.717, 1.165) is 33.6 Å². The molecular weight excluding hydrogens is 703 g/mol. The standard InChI is InChI=1S/C50H31N5S/c1-4-15-32(16-5-1)48-52-49(33-17-6-2-7-18-33)54-50(53-48)42-24-14-23-41(51-42)35-30-39(47-38-22-11-13-26-45(38)56-46(47)31-35)34-27-28-44-40(29-34)37-21-10-12-25-43(37)55(44)36-19-8-3-9-20-36/h1-31H. The second-order valence-corrected chi connectivity index (χ2v) is 14.9. The SMILES string of the molecule is c1ccc(-c2nc(-c3ccccc3)nc(-c3cccc(-c4cc(-c5ccc6c(c5)c5ccccc5n6-c5ccccc5)c5c(c4)sc4ccccc45)n3)n2)cc1. The molecule has 6 heteroatoms. The Labute approximate surface area is 326 Å². The van der Waals surface area contributed by atoms with Crippen LogP contribution in [0.25, 0.3) is 104 Å². The lowest BCUT2D eigenvalue weighted by Gasteiger charge is -2.12. The lowest BCUT2D eigenvalue weighted by molar-refractivity contribution is 1.06. The van der Waals surface area contributed by atoms with Crippen LogP contribution in [0.15, 0.2) is 188 Å². The maximum atomic E-state index is 5.25. The summed E-state index contributed by atoms with van der Waals surface area (Å²) >= 11 is 1.82. The zero-order chi connectivity index (χ0) is 37.0. The van der Waals surface area contributed by atoms with Gasteiger partial charge in [-0.1, -0.05) is 127 Å². The van der Waals surface area contributed by atoms with Gasteiger partial charge in [-0.3, -0.25) is 0 Å². The predicted octanol–water partition coefficient (Wildman–Crippen LogP) is 13.1. The van der Waals surface area contributed by atoms with E-state index in [9.17, 15) is 0 Å². The van der Waals surface area contributed by atoms with Crippen LogP contribution in [-0.4, -0.2) is 24.5 Å². The zero-order valence-electron chi connectivity index (χ0n) is 30.0. The van der Waals surface area contributed by atoms with Gasteiger partial charge in [-0.2, -0.15) is 0 Å². The van der Waals surface area contributed by atoms with Crippen molar-refractivity contribution < 1.29 is 0 Å². The second kappa shape index (κ2) is 13.2. The van der Waals surface area contributed by atoms with Crippen molar-refractivity contribution in [3.63, 3.8) is 0 Å². The topological polar surface area (TPSA) is 56.5 Å². The number of hydrogen-bond acceptors (Lipinski definition) is 5. The summed E-state index contributed by atoms with van der Waals surface area (Å²) in [5.41, 5.74) is 10.3. The molecule has 262 valence electrons. The lowest BCUT2D eigenvalue weighted by Crippen LogP contribution is -2.01. The van der Waals surface area contributed by atoms with Crippen molar-refractivity contribution in [1.29, 1.82) is 0 Å². The van der Waals surface area contributed by atoms with Crippen LogP contribution in [0.1, 0.15) is 0 Å². The van der Waals surface area contributed by atoms with Gasteiger partial charge in [-0.25, -0.2) is 19.9 Å². The van der Waals surface area contributed by atoms with Crippen LogP contribution < -0.4 is 0 Å². The average molecular weight is 734 g/mol. The minimum atomic E-state index is 0.531. The van der Waals surface area contributed by atoms with E-state index in [1.54, 1.807) is 0 Å². The van der Waals surface area contributed by atoms with Crippen LogP contribution in [0.5, 0.6) is 0 Å². The van der Waals surface area contributed by atoms with Crippen LogP contribution >= 0.6 is 11.3 Å². The molecule has 4 aromatic heterocycles. The quantitative estimate of drug-likeness (QED) is 0.171. The molecule has 56 heavy (non-hydrogen) atoms. The Balaban J connectivity index is 1.10. The van der Waals surface area contributed by atoms with E-state index in [2.05, 4.69) is 120 Å². The fraction of sp³-hybridized carbons (Fsp3) is 0. The molecule has 11 rings (SSSR count). The van der Waals surface area contributed by atoms with Crippen LogP contribution in [-0.2, 0) is 0 Å². The number of benzene rings is 7. The highest BCUT2D eigenvalue weighted by Crippen LogP contribution is 2.44. The summed E-state index contributed by atoms with van der Waals surface area (Å²) in [6.45, 7) is 0. The third kappa shape index (κ3) is 5.46. The van der Waals surface area contributed by atoms with Gasteiger partial charge in [0, 0.05) is 53.3 Å². The van der Waals surface area contributed by atoms with Gasteiger partial charge in [-0.15, -0.1) is 11.3 Å². The molecule has 0 aliphatic heterocycles. The highest BCUT2D eigenvalue weighted by molar-refractivity contribution is 7.26. The first-order valence-electron chi connectivity index (χ1n) is 18.6. The van der Waals surface area contributed by atoms with Crippen molar-refractivity contribution in [2.75, 3.05) is 0 Å². The molecule has 0 unspecified atom stereocenters. The first-order valence-corrected chi connectivity index (χ1v) is 19.5. The number of hydrogen-bond donors (Lipinski definition) is 0. The number of para-hydroxylation sites is 2. The van der Waals surface area contributed by atoms with Gasteiger partial charge in [0.15, 0.2) is 17.5 Å². The monoisotopic (exact) mass is 733 g/mol. The molecule has 11 aromatic rings. The fourth-order valence-electron chi connectivity index (χ4n) is 7.87. The number of fused-ring (bicyclic) bond motifs is 6. The summed E-state index contributed by atoms with van der Waals surface area (Å²) in [4.78, 5) is 20.1. The molecule has 0 amide bonds. The highest BCUT2D eigenvalue weighted by Gasteiger charge is 2.19. The molecule has 0 N–H and O–H groups in total. The summed E-state index contributed by atoms with van der Waals surface area (Å²) in [7, 11) is 0. The van der Waals surface area contributed by atoms with E-state index in [-0.39, 0.29) is 0 Å². The van der Waals surface area contributed by atoms with Gasteiger partial charge in [0.1, 0.15) is 5.69 Å². The molecule has 7 aromatic carbocycles. The van der Waals surface area contributed by atoms with Crippen molar-refractivity contribution in [2.24, 2.45) is 0 Å². The maximum absolute atomic E-state index is 5.25. The largest absolute Gasteiger partial charge is 0.309 e. The van der Waals surface area contributed by atoms with E-state index >= 15 is 0 Å². The predicted molar refractivity (Wildman–Crippen MR) is 232 cm³/mol. The molecule has 0 aliphatic carbocycles. The molecule has 4 heterocycles. The third-order valence-electron chi connectivity index (χ3n) is 10.4. The number of nitrogens with zero attached hydrogens (tertiary/aromatic N) is 5. The molecule has 0 atom stereocenters. The number of thiophene rings is 1. The Morgan fingerprint density at radius 1 is 0.357 bits per heavy atom. The summed E-state index contributed by atoms with van der Waals surface area (Å²) in [5.74, 6) is 1.75. The summed E-state index contributed by atoms with van der Waals surface area (Å²) in [5, 5.41) is 4.97. The van der Waals surface area contributed by atoms with E-state index < -0.39 is 0 Å². The average Bonchev–Trinajstić information content (AvgIpc) is 3.82. The zero-order valence-corrected chi connectivity index (χ0v) is 30.9. The van der Waals surface area contributed by atoms with Gasteiger partial charge in [0.25, 0.3) is 0 Å². The van der Waals surface area contributed by atoms with Crippen molar-refractivity contribution in [2.45, 2.75) is 0 Å². The molecular formula is C50H31N5S. The normalized spacial score (nSPS) is 11.6. The molecule has 0 fully saturated rings. The molecule has 0 aliphatic rings. The van der Waals surface area contributed by atoms with Crippen molar-refractivity contribution >= 4 is 53.3 Å². The van der Waals surface area contributed by atoms with Crippen molar-refractivity contribution in [3.05, 3.63) is 188 Å². The Bertz CT molecular complexity index is 3190. The van der Waals surface area contributed by atoms with Gasteiger partial charge in [0.2, 0.25) is 0 Å². The summed E-state index contributed by atoms with van der Waals surface area (Å²) in [6, 6.07) is 65.7. The summed E-state index contributed by atoms with van der Waals surface area (Å²) in [6.07, 6.45) is 0. The Hall–Kier alpha value is -7.28. The molecule has 0 radical (unpaired) electrons. The van der Waals surface area contributed by atoms with E-state index in [1.165, 1.54) is 47.5 Å². The van der Waals surface area contributed by atoms with Crippen LogP contribution in [0.3, 0.4) is 0 Å². The van der Waals surface area contributed by atoms with Crippen molar-refractivity contribution in [3.8, 4) is 62.4 Å². The molecule has 0 saturated heterocycles. The first kappa shape index (κ1) is 32.2. The van der Waals surface area contributed by atoms with Crippen LogP contribution in [0.4, 0.5) is 0 Å². The van der Waals surface area contributed by atoms with Gasteiger partial charge in [-0.05, 0) is 71.8 Å². The second-order valence-electron chi connectivity index (χ2n) is 13.9. The van der Waals surface area contributed by atoms with Crippen LogP contribution in [0, 0.1) is 0 Å². The van der Waals surface area contributed by atoms with E-state index in [1.807, 2.05) is 84.1 Å². The van der Waals surface area contributed by atoms with Crippen LogP contribution in [0.2, 0.25) is 0 Å². The van der Waals surface area contributed by atoms with Gasteiger partial charge >= 0.3 is 0 Å². The number of aromatic nitrogens is 5. The molecule has 0 spiro atoms. The number of rotatable bonds is 6. The van der Waals surface area contributed by atoms with E-state index in [0.29, 0.717) is 23.2 Å². The Kier molecular flexibility index (Phi) is 7.60.